The summed E-state index contributed by atoms with van der Waals surface area (Å²) < 4.78 is 14.1. The van der Waals surface area contributed by atoms with E-state index in [-0.39, 0.29) is 5.39 Å². The summed E-state index contributed by atoms with van der Waals surface area (Å²) in [5.74, 6) is -2.75. The summed E-state index contributed by atoms with van der Waals surface area (Å²) in [5.41, 5.74) is -0.303. The zero-order chi connectivity index (χ0) is 16.3. The smallest absolute Gasteiger partial charge is 0.334 e. The summed E-state index contributed by atoms with van der Waals surface area (Å²) in [6.07, 6.45) is -0.597. The molecule has 0 fully saturated rings. The maximum absolute atomic E-state index is 13.2. The first kappa shape index (κ1) is 15.6. The van der Waals surface area contributed by atoms with Crippen LogP contribution in [0.2, 0.25) is 0 Å². The van der Waals surface area contributed by atoms with Crippen LogP contribution in [0.1, 0.15) is 0 Å². The van der Waals surface area contributed by atoms with Crippen molar-refractivity contribution in [1.29, 1.82) is 0 Å². The van der Waals surface area contributed by atoms with Crippen LogP contribution >= 0.6 is 0 Å². The molecule has 0 aliphatic rings. The molecule has 8 nitrogen and oxygen atoms in total. The molecule has 1 aromatic heterocycles. The van der Waals surface area contributed by atoms with Crippen LogP contribution in [-0.2, 0) is 16.1 Å². The van der Waals surface area contributed by atoms with Gasteiger partial charge in [0.25, 0.3) is 5.56 Å². The van der Waals surface area contributed by atoms with Crippen molar-refractivity contribution in [2.75, 3.05) is 6.54 Å². The van der Waals surface area contributed by atoms with Crippen molar-refractivity contribution >= 4 is 22.8 Å². The van der Waals surface area contributed by atoms with E-state index in [4.69, 9.17) is 10.2 Å². The number of aliphatic hydroxyl groups excluding tert-OH is 1. The van der Waals surface area contributed by atoms with Gasteiger partial charge in [0.2, 0.25) is 5.91 Å². The molecule has 0 spiro atoms. The van der Waals surface area contributed by atoms with Gasteiger partial charge in [-0.15, -0.1) is 0 Å². The van der Waals surface area contributed by atoms with Crippen LogP contribution in [0.3, 0.4) is 0 Å². The Hall–Kier alpha value is -2.81. The summed E-state index contributed by atoms with van der Waals surface area (Å²) in [6, 6.07) is 3.53. The number of nitrogens with zero attached hydrogens (tertiary/aromatic N) is 2. The molecule has 0 saturated heterocycles. The second kappa shape index (κ2) is 6.31. The van der Waals surface area contributed by atoms with E-state index in [2.05, 4.69) is 10.3 Å². The molecule has 1 unspecified atom stereocenters. The minimum Gasteiger partial charge on any atom is -0.479 e. The molecule has 22 heavy (non-hydrogen) atoms. The van der Waals surface area contributed by atoms with Gasteiger partial charge in [0.05, 0.1) is 23.8 Å². The topological polar surface area (TPSA) is 122 Å². The minimum atomic E-state index is -1.73. The number of aliphatic hydroxyl groups is 1. The number of hydrogen-bond donors (Lipinski definition) is 3. The summed E-state index contributed by atoms with van der Waals surface area (Å²) >= 11 is 0. The van der Waals surface area contributed by atoms with Crippen LogP contribution in [0.15, 0.2) is 29.3 Å². The lowest BCUT2D eigenvalue weighted by Crippen LogP contribution is -2.39. The third-order valence-corrected chi connectivity index (χ3v) is 2.88. The quantitative estimate of drug-likeness (QED) is 0.658. The number of carbonyl (C=O) groups is 2. The Morgan fingerprint density at radius 1 is 1.41 bits per heavy atom. The van der Waals surface area contributed by atoms with Gasteiger partial charge in [-0.25, -0.2) is 14.2 Å². The van der Waals surface area contributed by atoms with Crippen molar-refractivity contribution in [2.45, 2.75) is 12.6 Å². The average Bonchev–Trinajstić information content (AvgIpc) is 2.48. The van der Waals surface area contributed by atoms with Gasteiger partial charge in [0, 0.05) is 0 Å². The zero-order valence-corrected chi connectivity index (χ0v) is 11.2. The molecule has 1 heterocycles. The number of aliphatic carboxylic acids is 1. The molecule has 1 aromatic carbocycles. The molecule has 0 aliphatic heterocycles. The van der Waals surface area contributed by atoms with Crippen molar-refractivity contribution in [3.8, 4) is 0 Å². The minimum absolute atomic E-state index is 0.0286. The summed E-state index contributed by atoms with van der Waals surface area (Å²) in [4.78, 5) is 38.0. The van der Waals surface area contributed by atoms with Crippen molar-refractivity contribution in [2.24, 2.45) is 0 Å². The van der Waals surface area contributed by atoms with E-state index >= 15 is 0 Å². The second-order valence-electron chi connectivity index (χ2n) is 4.50. The molecule has 116 valence electrons. The third kappa shape index (κ3) is 3.44. The molecule has 2 aromatic rings. The Bertz CT molecular complexity index is 789. The normalized spacial score (nSPS) is 12.1. The van der Waals surface area contributed by atoms with Gasteiger partial charge in [-0.05, 0) is 18.2 Å². The average molecular weight is 309 g/mol. The van der Waals surface area contributed by atoms with Crippen LogP contribution in [0, 0.1) is 5.82 Å². The number of amides is 1. The van der Waals surface area contributed by atoms with E-state index in [1.165, 1.54) is 12.1 Å². The van der Waals surface area contributed by atoms with Gasteiger partial charge in [-0.2, -0.15) is 0 Å². The Balaban J connectivity index is 2.15. The predicted molar refractivity (Wildman–Crippen MR) is 72.6 cm³/mol. The number of halogens is 1. The van der Waals surface area contributed by atoms with E-state index in [1.54, 1.807) is 0 Å². The van der Waals surface area contributed by atoms with Gasteiger partial charge >= 0.3 is 5.97 Å². The highest BCUT2D eigenvalue weighted by Crippen LogP contribution is 2.08. The van der Waals surface area contributed by atoms with E-state index in [9.17, 15) is 18.8 Å². The molecule has 1 amide bonds. The number of nitrogens with one attached hydrogen (secondary N) is 1. The lowest BCUT2D eigenvalue weighted by molar-refractivity contribution is -0.146. The van der Waals surface area contributed by atoms with E-state index < -0.39 is 42.4 Å². The lowest BCUT2D eigenvalue weighted by atomic mass is 10.2. The van der Waals surface area contributed by atoms with Crippen LogP contribution in [0.5, 0.6) is 0 Å². The number of carbonyl (C=O) groups excluding carboxylic acids is 1. The molecule has 0 saturated carbocycles. The first-order valence-corrected chi connectivity index (χ1v) is 6.21. The Kier molecular flexibility index (Phi) is 4.47. The SMILES string of the molecule is O=C(Cn1cnc2ccc(F)cc2c1=O)NCC(O)C(=O)O. The molecule has 0 bridgehead atoms. The summed E-state index contributed by atoms with van der Waals surface area (Å²) in [6.45, 7) is -0.914. The highest BCUT2D eigenvalue weighted by atomic mass is 19.1. The fraction of sp³-hybridized carbons (Fsp3) is 0.231. The Labute approximate surface area is 122 Å². The van der Waals surface area contributed by atoms with Crippen molar-refractivity contribution in [3.05, 3.63) is 40.7 Å². The molecule has 3 N–H and O–H groups in total. The summed E-state index contributed by atoms with van der Waals surface area (Å²) in [5, 5.41) is 19.7. The Morgan fingerprint density at radius 2 is 2.14 bits per heavy atom. The molecule has 1 atom stereocenters. The van der Waals surface area contributed by atoms with Crippen molar-refractivity contribution in [3.63, 3.8) is 0 Å². The van der Waals surface area contributed by atoms with Gasteiger partial charge in [0.1, 0.15) is 12.4 Å². The monoisotopic (exact) mass is 309 g/mol. The lowest BCUT2D eigenvalue weighted by Gasteiger charge is -2.09. The van der Waals surface area contributed by atoms with Crippen molar-refractivity contribution in [1.82, 2.24) is 14.9 Å². The number of benzene rings is 1. The first-order valence-electron chi connectivity index (χ1n) is 6.21. The standard InChI is InChI=1S/C13H12FN3O5/c14-7-1-2-9-8(3-7)12(20)17(6-16-9)5-11(19)15-4-10(18)13(21)22/h1-3,6,10,18H,4-5H2,(H,15,19)(H,21,22). The summed E-state index contributed by atoms with van der Waals surface area (Å²) in [7, 11) is 0. The largest absolute Gasteiger partial charge is 0.479 e. The molecular formula is C13H12FN3O5. The van der Waals surface area contributed by atoms with Crippen LogP contribution in [0.25, 0.3) is 10.9 Å². The van der Waals surface area contributed by atoms with Gasteiger partial charge < -0.3 is 15.5 Å². The fourth-order valence-corrected chi connectivity index (χ4v) is 1.75. The first-order chi connectivity index (χ1) is 10.4. The van der Waals surface area contributed by atoms with Gasteiger partial charge in [0.15, 0.2) is 6.10 Å². The van der Waals surface area contributed by atoms with Crippen LogP contribution in [-0.4, -0.2) is 44.3 Å². The van der Waals surface area contributed by atoms with E-state index in [0.717, 1.165) is 17.0 Å². The predicted octanol–water partition coefficient (Wildman–Crippen LogP) is -0.903. The highest BCUT2D eigenvalue weighted by Gasteiger charge is 2.15. The van der Waals surface area contributed by atoms with Crippen molar-refractivity contribution < 1.29 is 24.2 Å². The third-order valence-electron chi connectivity index (χ3n) is 2.88. The molecule has 0 radical (unpaired) electrons. The molecule has 9 heteroatoms. The number of carboxylic acid groups (broad SMARTS) is 1. The number of aromatic nitrogens is 2. The second-order valence-corrected chi connectivity index (χ2v) is 4.50. The van der Waals surface area contributed by atoms with Gasteiger partial charge in [-0.3, -0.25) is 14.2 Å². The fourth-order valence-electron chi connectivity index (χ4n) is 1.75. The zero-order valence-electron chi connectivity index (χ0n) is 11.2. The van der Waals surface area contributed by atoms with E-state index in [0.29, 0.717) is 5.52 Å². The van der Waals surface area contributed by atoms with Crippen LogP contribution in [0.4, 0.5) is 4.39 Å². The van der Waals surface area contributed by atoms with E-state index in [1.807, 2.05) is 0 Å². The van der Waals surface area contributed by atoms with Gasteiger partial charge in [-0.1, -0.05) is 0 Å². The number of carboxylic acids is 1. The Morgan fingerprint density at radius 3 is 2.82 bits per heavy atom. The molecule has 2 rings (SSSR count). The number of hydrogen-bond acceptors (Lipinski definition) is 5. The maximum Gasteiger partial charge on any atom is 0.334 e. The molecule has 0 aliphatic carbocycles. The number of rotatable bonds is 5. The maximum atomic E-state index is 13.2. The number of fused-ring (bicyclic) bond motifs is 1. The molecular weight excluding hydrogens is 297 g/mol. The van der Waals surface area contributed by atoms with Crippen LogP contribution < -0.4 is 10.9 Å². The highest BCUT2D eigenvalue weighted by molar-refractivity contribution is 5.79.